The lowest BCUT2D eigenvalue weighted by molar-refractivity contribution is 0.247. The summed E-state index contributed by atoms with van der Waals surface area (Å²) in [6.07, 6.45) is 0.997. The molecule has 100 valence electrons. The van der Waals surface area contributed by atoms with E-state index in [2.05, 4.69) is 4.90 Å². The zero-order valence-corrected chi connectivity index (χ0v) is 11.3. The average molecular weight is 268 g/mol. The molecule has 1 aromatic rings. The molecule has 0 bridgehead atoms. The third-order valence-corrected chi connectivity index (χ3v) is 4.31. The molecule has 1 aromatic carbocycles. The summed E-state index contributed by atoms with van der Waals surface area (Å²) < 4.78 is 16.8. The Labute approximate surface area is 111 Å². The van der Waals surface area contributed by atoms with Gasteiger partial charge in [-0.05, 0) is 30.7 Å². The van der Waals surface area contributed by atoms with E-state index >= 15 is 0 Å². The van der Waals surface area contributed by atoms with Crippen LogP contribution < -0.4 is 10.5 Å². The van der Waals surface area contributed by atoms with Gasteiger partial charge in [0.25, 0.3) is 0 Å². The Bertz CT molecular complexity index is 384. The Kier molecular flexibility index (Phi) is 5.01. The fourth-order valence-electron chi connectivity index (χ4n) is 1.94. The number of anilines is 1. The Morgan fingerprint density at radius 1 is 1.22 bits per heavy atom. The Morgan fingerprint density at radius 3 is 2.56 bits per heavy atom. The SMILES string of the molecule is Nc1ccc(OCCCN2CCS(=O)CC2)cc1. The number of rotatable bonds is 5. The second-order valence-corrected chi connectivity index (χ2v) is 6.16. The van der Waals surface area contributed by atoms with Gasteiger partial charge in [0.05, 0.1) is 6.61 Å². The van der Waals surface area contributed by atoms with Crippen molar-refractivity contribution in [2.45, 2.75) is 6.42 Å². The van der Waals surface area contributed by atoms with Gasteiger partial charge in [0.1, 0.15) is 5.75 Å². The molecule has 2 N–H and O–H groups in total. The van der Waals surface area contributed by atoms with Crippen LogP contribution in [0.5, 0.6) is 5.75 Å². The Balaban J connectivity index is 1.61. The normalized spacial score (nSPS) is 17.8. The molecule has 0 unspecified atom stereocenters. The minimum Gasteiger partial charge on any atom is -0.494 e. The lowest BCUT2D eigenvalue weighted by Crippen LogP contribution is -2.38. The van der Waals surface area contributed by atoms with Gasteiger partial charge < -0.3 is 15.4 Å². The van der Waals surface area contributed by atoms with Crippen molar-refractivity contribution in [1.82, 2.24) is 4.90 Å². The van der Waals surface area contributed by atoms with Gasteiger partial charge in [-0.1, -0.05) is 0 Å². The van der Waals surface area contributed by atoms with Crippen LogP contribution in [0, 0.1) is 0 Å². The standard InChI is InChI=1S/C13H20N2O2S/c14-12-2-4-13(5-3-12)17-9-1-6-15-7-10-18(16)11-8-15/h2-5H,1,6-11,14H2. The quantitative estimate of drug-likeness (QED) is 0.642. The van der Waals surface area contributed by atoms with E-state index in [-0.39, 0.29) is 0 Å². The molecule has 0 aliphatic carbocycles. The van der Waals surface area contributed by atoms with E-state index in [0.717, 1.165) is 49.0 Å². The molecular weight excluding hydrogens is 248 g/mol. The zero-order valence-electron chi connectivity index (χ0n) is 10.5. The highest BCUT2D eigenvalue weighted by Gasteiger charge is 2.14. The highest BCUT2D eigenvalue weighted by atomic mass is 32.2. The van der Waals surface area contributed by atoms with Crippen molar-refractivity contribution in [3.8, 4) is 5.75 Å². The van der Waals surface area contributed by atoms with Gasteiger partial charge in [-0.2, -0.15) is 0 Å². The molecule has 0 radical (unpaired) electrons. The first-order chi connectivity index (χ1) is 8.74. The number of benzene rings is 1. The van der Waals surface area contributed by atoms with E-state index in [9.17, 15) is 4.21 Å². The predicted molar refractivity (Wildman–Crippen MR) is 75.3 cm³/mol. The molecule has 18 heavy (non-hydrogen) atoms. The topological polar surface area (TPSA) is 55.6 Å². The first-order valence-electron chi connectivity index (χ1n) is 6.30. The largest absolute Gasteiger partial charge is 0.494 e. The molecule has 2 rings (SSSR count). The predicted octanol–water partition coefficient (Wildman–Crippen LogP) is 1.10. The van der Waals surface area contributed by atoms with E-state index in [1.807, 2.05) is 24.3 Å². The molecule has 0 atom stereocenters. The van der Waals surface area contributed by atoms with E-state index < -0.39 is 10.8 Å². The third-order valence-electron chi connectivity index (χ3n) is 3.04. The van der Waals surface area contributed by atoms with E-state index in [0.29, 0.717) is 6.61 Å². The van der Waals surface area contributed by atoms with E-state index in [4.69, 9.17) is 10.5 Å². The molecule has 5 heteroatoms. The molecular formula is C13H20N2O2S. The van der Waals surface area contributed by atoms with E-state index in [1.165, 1.54) is 0 Å². The van der Waals surface area contributed by atoms with Crippen molar-refractivity contribution in [3.05, 3.63) is 24.3 Å². The van der Waals surface area contributed by atoms with Crippen LogP contribution in [-0.2, 0) is 10.8 Å². The zero-order chi connectivity index (χ0) is 12.8. The molecule has 0 spiro atoms. The number of hydrogen-bond donors (Lipinski definition) is 1. The van der Waals surface area contributed by atoms with Gasteiger partial charge in [-0.3, -0.25) is 4.21 Å². The van der Waals surface area contributed by atoms with Crippen LogP contribution in [0.2, 0.25) is 0 Å². The number of hydrogen-bond acceptors (Lipinski definition) is 4. The molecule has 0 amide bonds. The first-order valence-corrected chi connectivity index (χ1v) is 7.78. The summed E-state index contributed by atoms with van der Waals surface area (Å²) in [7, 11) is -0.585. The van der Waals surface area contributed by atoms with Crippen molar-refractivity contribution in [3.63, 3.8) is 0 Å². The van der Waals surface area contributed by atoms with Gasteiger partial charge in [0.2, 0.25) is 0 Å². The maximum absolute atomic E-state index is 11.2. The summed E-state index contributed by atoms with van der Waals surface area (Å²) in [5.74, 6) is 2.50. The van der Waals surface area contributed by atoms with Crippen molar-refractivity contribution in [2.24, 2.45) is 0 Å². The van der Waals surface area contributed by atoms with Crippen molar-refractivity contribution < 1.29 is 8.95 Å². The van der Waals surface area contributed by atoms with Crippen LogP contribution in [0.15, 0.2) is 24.3 Å². The minimum atomic E-state index is -0.585. The average Bonchev–Trinajstić information content (AvgIpc) is 2.39. The molecule has 1 aliphatic heterocycles. The molecule has 1 aliphatic rings. The lowest BCUT2D eigenvalue weighted by Gasteiger charge is -2.25. The van der Waals surface area contributed by atoms with Crippen molar-refractivity contribution >= 4 is 16.5 Å². The van der Waals surface area contributed by atoms with Gasteiger partial charge in [-0.15, -0.1) is 0 Å². The maximum Gasteiger partial charge on any atom is 0.119 e. The molecule has 0 saturated carbocycles. The summed E-state index contributed by atoms with van der Waals surface area (Å²) >= 11 is 0. The highest BCUT2D eigenvalue weighted by molar-refractivity contribution is 7.85. The van der Waals surface area contributed by atoms with Gasteiger partial charge in [0.15, 0.2) is 0 Å². The monoisotopic (exact) mass is 268 g/mol. The van der Waals surface area contributed by atoms with Crippen molar-refractivity contribution in [2.75, 3.05) is 43.5 Å². The molecule has 1 heterocycles. The second-order valence-electron chi connectivity index (χ2n) is 4.46. The van der Waals surface area contributed by atoms with Crippen LogP contribution in [-0.4, -0.2) is 46.9 Å². The Hall–Kier alpha value is -1.07. The molecule has 0 aromatic heterocycles. The first kappa shape index (κ1) is 13.4. The second kappa shape index (κ2) is 6.75. The van der Waals surface area contributed by atoms with Crippen LogP contribution >= 0.6 is 0 Å². The number of nitrogens with zero attached hydrogens (tertiary/aromatic N) is 1. The lowest BCUT2D eigenvalue weighted by atomic mass is 10.3. The van der Waals surface area contributed by atoms with Gasteiger partial charge >= 0.3 is 0 Å². The van der Waals surface area contributed by atoms with Crippen LogP contribution in [0.4, 0.5) is 5.69 Å². The van der Waals surface area contributed by atoms with Gasteiger partial charge in [-0.25, -0.2) is 0 Å². The van der Waals surface area contributed by atoms with Crippen LogP contribution in [0.1, 0.15) is 6.42 Å². The van der Waals surface area contributed by atoms with Gasteiger partial charge in [0, 0.05) is 47.6 Å². The number of nitrogen functional groups attached to an aromatic ring is 1. The molecule has 1 fully saturated rings. The Morgan fingerprint density at radius 2 is 1.89 bits per heavy atom. The van der Waals surface area contributed by atoms with Crippen molar-refractivity contribution in [1.29, 1.82) is 0 Å². The molecule has 4 nitrogen and oxygen atoms in total. The summed E-state index contributed by atoms with van der Waals surface area (Å²) in [5.41, 5.74) is 6.36. The van der Waals surface area contributed by atoms with E-state index in [1.54, 1.807) is 0 Å². The number of ether oxygens (including phenoxy) is 1. The fraction of sp³-hybridized carbons (Fsp3) is 0.538. The smallest absolute Gasteiger partial charge is 0.119 e. The van der Waals surface area contributed by atoms with Crippen LogP contribution in [0.3, 0.4) is 0 Å². The highest BCUT2D eigenvalue weighted by Crippen LogP contribution is 2.13. The van der Waals surface area contributed by atoms with Crippen LogP contribution in [0.25, 0.3) is 0 Å². The number of nitrogens with two attached hydrogens (primary N) is 1. The summed E-state index contributed by atoms with van der Waals surface area (Å²) in [6, 6.07) is 7.46. The fourth-order valence-corrected chi connectivity index (χ4v) is 3.07. The summed E-state index contributed by atoms with van der Waals surface area (Å²) in [5, 5.41) is 0. The minimum absolute atomic E-state index is 0.585. The third kappa shape index (κ3) is 4.31. The summed E-state index contributed by atoms with van der Waals surface area (Å²) in [4.78, 5) is 2.35. The molecule has 1 saturated heterocycles. The summed E-state index contributed by atoms with van der Waals surface area (Å²) in [6.45, 7) is 3.64. The maximum atomic E-state index is 11.2.